The Balaban J connectivity index is 0.00000200. The molecule has 0 fully saturated rings. The summed E-state index contributed by atoms with van der Waals surface area (Å²) in [6, 6.07) is 11.9. The van der Waals surface area contributed by atoms with Gasteiger partial charge in [-0.1, -0.05) is 18.2 Å². The second kappa shape index (κ2) is 7.92. The van der Waals surface area contributed by atoms with E-state index in [9.17, 15) is 4.79 Å². The zero-order chi connectivity index (χ0) is 13.7. The summed E-state index contributed by atoms with van der Waals surface area (Å²) >= 11 is 1.70. The smallest absolute Gasteiger partial charge is 0.241 e. The van der Waals surface area contributed by atoms with Gasteiger partial charge in [0.05, 0.1) is 13.1 Å². The van der Waals surface area contributed by atoms with Gasteiger partial charge < -0.3 is 10.2 Å². The highest BCUT2D eigenvalue weighted by Gasteiger charge is 2.10. The number of carbonyl (C=O) groups excluding carboxylic acids is 1. The first-order chi connectivity index (χ1) is 9.16. The molecule has 3 nitrogen and oxygen atoms in total. The number of likely N-dealkylation sites (N-methyl/N-ethyl adjacent to an activating group) is 1. The van der Waals surface area contributed by atoms with Crippen molar-refractivity contribution in [3.05, 3.63) is 52.2 Å². The van der Waals surface area contributed by atoms with E-state index in [-0.39, 0.29) is 18.3 Å². The molecular formula is C15H19ClN2OS. The van der Waals surface area contributed by atoms with Gasteiger partial charge >= 0.3 is 0 Å². The Hall–Kier alpha value is -1.52. The lowest BCUT2D eigenvalue weighted by molar-refractivity contribution is -0.128. The van der Waals surface area contributed by atoms with E-state index in [1.807, 2.05) is 37.4 Å². The number of nitrogens with one attached hydrogen (secondary N) is 1. The van der Waals surface area contributed by atoms with Crippen molar-refractivity contribution in [1.82, 2.24) is 4.90 Å². The molecule has 0 spiro atoms. The van der Waals surface area contributed by atoms with Gasteiger partial charge in [-0.15, -0.1) is 23.7 Å². The van der Waals surface area contributed by atoms with Crippen LogP contribution in [0.2, 0.25) is 0 Å². The number of nitrogens with zero attached hydrogens (tertiary/aromatic N) is 1. The molecule has 0 aliphatic rings. The van der Waals surface area contributed by atoms with Crippen molar-refractivity contribution in [1.29, 1.82) is 0 Å². The van der Waals surface area contributed by atoms with Crippen molar-refractivity contribution in [3.63, 3.8) is 0 Å². The average Bonchev–Trinajstić information content (AvgIpc) is 2.82. The molecule has 0 saturated carbocycles. The zero-order valence-corrected chi connectivity index (χ0v) is 13.3. The molecule has 5 heteroatoms. The van der Waals surface area contributed by atoms with Crippen LogP contribution in [0, 0.1) is 6.92 Å². The maximum absolute atomic E-state index is 12.0. The van der Waals surface area contributed by atoms with Crippen molar-refractivity contribution >= 4 is 35.3 Å². The predicted molar refractivity (Wildman–Crippen MR) is 87.7 cm³/mol. The Morgan fingerprint density at radius 2 is 1.95 bits per heavy atom. The molecule has 0 aliphatic heterocycles. The largest absolute Gasteiger partial charge is 0.376 e. The Kier molecular flexibility index (Phi) is 6.55. The van der Waals surface area contributed by atoms with Crippen LogP contribution < -0.4 is 5.32 Å². The van der Waals surface area contributed by atoms with Crippen LogP contribution in [0.3, 0.4) is 0 Å². The second-order valence-electron chi connectivity index (χ2n) is 4.50. The first kappa shape index (κ1) is 16.5. The number of amides is 1. The van der Waals surface area contributed by atoms with Crippen molar-refractivity contribution in [2.24, 2.45) is 0 Å². The molecule has 1 N–H and O–H groups in total. The summed E-state index contributed by atoms with van der Waals surface area (Å²) in [7, 11) is 1.84. The number of hydrogen-bond donors (Lipinski definition) is 1. The molecule has 0 radical (unpaired) electrons. The lowest BCUT2D eigenvalue weighted by Crippen LogP contribution is -2.31. The number of thiophene rings is 1. The first-order valence-electron chi connectivity index (χ1n) is 6.22. The van der Waals surface area contributed by atoms with Gasteiger partial charge in [0.25, 0.3) is 0 Å². The number of benzene rings is 1. The highest BCUT2D eigenvalue weighted by molar-refractivity contribution is 7.10. The third-order valence-electron chi connectivity index (χ3n) is 2.99. The fraction of sp³-hybridized carbons (Fsp3) is 0.267. The van der Waals surface area contributed by atoms with E-state index in [4.69, 9.17) is 0 Å². The number of aryl methyl sites for hydroxylation is 1. The molecule has 1 aromatic carbocycles. The molecule has 0 unspecified atom stereocenters. The van der Waals surface area contributed by atoms with E-state index >= 15 is 0 Å². The molecule has 2 aromatic rings. The molecule has 1 heterocycles. The molecule has 108 valence electrons. The number of carbonyl (C=O) groups is 1. The minimum Gasteiger partial charge on any atom is -0.376 e. The van der Waals surface area contributed by atoms with Crippen molar-refractivity contribution < 1.29 is 4.79 Å². The standard InChI is InChI=1S/C15H18N2OS.ClH/c1-12-8-9-19-14(12)11-17(2)15(18)10-16-13-6-4-3-5-7-13;/h3-9,16H,10-11H2,1-2H3;1H. The summed E-state index contributed by atoms with van der Waals surface area (Å²) in [4.78, 5) is 15.0. The van der Waals surface area contributed by atoms with Gasteiger partial charge in [-0.2, -0.15) is 0 Å². The van der Waals surface area contributed by atoms with E-state index in [0.717, 1.165) is 5.69 Å². The Morgan fingerprint density at radius 1 is 1.25 bits per heavy atom. The van der Waals surface area contributed by atoms with Crippen molar-refractivity contribution in [2.75, 3.05) is 18.9 Å². The Labute approximate surface area is 130 Å². The van der Waals surface area contributed by atoms with E-state index in [2.05, 4.69) is 23.7 Å². The molecule has 0 atom stereocenters. The van der Waals surface area contributed by atoms with Gasteiger partial charge in [-0.05, 0) is 36.1 Å². The summed E-state index contributed by atoms with van der Waals surface area (Å²) < 4.78 is 0. The van der Waals surface area contributed by atoms with Crippen molar-refractivity contribution in [3.8, 4) is 0 Å². The SMILES string of the molecule is Cc1ccsc1CN(C)C(=O)CNc1ccccc1.Cl. The molecule has 1 amide bonds. The van der Waals surface area contributed by atoms with Crippen LogP contribution in [0.1, 0.15) is 10.4 Å². The molecular weight excluding hydrogens is 292 g/mol. The quantitative estimate of drug-likeness (QED) is 0.916. The summed E-state index contributed by atoms with van der Waals surface area (Å²) in [6.45, 7) is 3.08. The third kappa shape index (κ3) is 4.54. The van der Waals surface area contributed by atoms with E-state index < -0.39 is 0 Å². The number of hydrogen-bond acceptors (Lipinski definition) is 3. The lowest BCUT2D eigenvalue weighted by atomic mass is 10.3. The normalized spacial score (nSPS) is 9.70. The van der Waals surface area contributed by atoms with E-state index in [1.54, 1.807) is 16.2 Å². The van der Waals surface area contributed by atoms with Gasteiger partial charge in [-0.3, -0.25) is 4.79 Å². The fourth-order valence-corrected chi connectivity index (χ4v) is 2.70. The van der Waals surface area contributed by atoms with Gasteiger partial charge in [0.1, 0.15) is 0 Å². The number of anilines is 1. The molecule has 1 aromatic heterocycles. The van der Waals surface area contributed by atoms with Gasteiger partial charge in [0, 0.05) is 17.6 Å². The monoisotopic (exact) mass is 310 g/mol. The predicted octanol–water partition coefficient (Wildman–Crippen LogP) is 3.55. The summed E-state index contributed by atoms with van der Waals surface area (Å²) in [6.07, 6.45) is 0. The fourth-order valence-electron chi connectivity index (χ4n) is 1.74. The number of para-hydroxylation sites is 1. The molecule has 2 rings (SSSR count). The van der Waals surface area contributed by atoms with E-state index in [0.29, 0.717) is 13.1 Å². The number of rotatable bonds is 5. The van der Waals surface area contributed by atoms with Gasteiger partial charge in [-0.25, -0.2) is 0 Å². The second-order valence-corrected chi connectivity index (χ2v) is 5.50. The molecule has 20 heavy (non-hydrogen) atoms. The lowest BCUT2D eigenvalue weighted by Gasteiger charge is -2.17. The minimum absolute atomic E-state index is 0. The molecule has 0 saturated heterocycles. The van der Waals surface area contributed by atoms with Crippen LogP contribution >= 0.6 is 23.7 Å². The third-order valence-corrected chi connectivity index (χ3v) is 4.00. The van der Waals surface area contributed by atoms with Crippen LogP contribution in [-0.4, -0.2) is 24.4 Å². The molecule has 0 bridgehead atoms. The molecule has 0 aliphatic carbocycles. The Morgan fingerprint density at radius 3 is 2.55 bits per heavy atom. The van der Waals surface area contributed by atoms with Gasteiger partial charge in [0.15, 0.2) is 0 Å². The topological polar surface area (TPSA) is 32.3 Å². The van der Waals surface area contributed by atoms with Crippen LogP contribution in [0.15, 0.2) is 41.8 Å². The summed E-state index contributed by atoms with van der Waals surface area (Å²) in [5.74, 6) is 0.0941. The zero-order valence-electron chi connectivity index (χ0n) is 11.6. The van der Waals surface area contributed by atoms with Crippen LogP contribution in [0.25, 0.3) is 0 Å². The van der Waals surface area contributed by atoms with Crippen LogP contribution in [0.4, 0.5) is 5.69 Å². The van der Waals surface area contributed by atoms with Gasteiger partial charge in [0.2, 0.25) is 5.91 Å². The van der Waals surface area contributed by atoms with Crippen LogP contribution in [0.5, 0.6) is 0 Å². The minimum atomic E-state index is 0. The highest BCUT2D eigenvalue weighted by Crippen LogP contribution is 2.17. The average molecular weight is 311 g/mol. The highest BCUT2D eigenvalue weighted by atomic mass is 35.5. The number of halogens is 1. The summed E-state index contributed by atoms with van der Waals surface area (Å²) in [5.41, 5.74) is 2.22. The van der Waals surface area contributed by atoms with E-state index in [1.165, 1.54) is 10.4 Å². The summed E-state index contributed by atoms with van der Waals surface area (Å²) in [5, 5.41) is 5.19. The van der Waals surface area contributed by atoms with Crippen LogP contribution in [-0.2, 0) is 11.3 Å². The Bertz CT molecular complexity index is 542. The maximum atomic E-state index is 12.0. The maximum Gasteiger partial charge on any atom is 0.241 e. The first-order valence-corrected chi connectivity index (χ1v) is 7.10. The van der Waals surface area contributed by atoms with Crippen molar-refractivity contribution in [2.45, 2.75) is 13.5 Å².